The molecule has 0 fully saturated rings. The smallest absolute Gasteiger partial charge is 0.272 e. The van der Waals surface area contributed by atoms with Gasteiger partial charge in [-0.1, -0.05) is 97.1 Å². The Bertz CT molecular complexity index is 2150. The molecular weight excluding hydrogens is 665 g/mol. The van der Waals surface area contributed by atoms with Gasteiger partial charge in [0.1, 0.15) is 11.4 Å². The summed E-state index contributed by atoms with van der Waals surface area (Å²) < 4.78 is 6.22. The SMILES string of the molecule is CCC(Sc1cccc(NC(=O)/C(=C\c2ccc(-c3ccccc3)cc2)NC(=O)c2ccccc2)c1)C(=O)Nc1nc2ccc(OC)cc2s1. The Morgan fingerprint density at radius 3 is 2.26 bits per heavy atom. The van der Waals surface area contributed by atoms with Crippen LogP contribution in [-0.2, 0) is 9.59 Å². The molecule has 0 aliphatic rings. The summed E-state index contributed by atoms with van der Waals surface area (Å²) in [6.45, 7) is 1.95. The number of rotatable bonds is 12. The fourth-order valence-corrected chi connectivity index (χ4v) is 7.03. The zero-order chi connectivity index (χ0) is 34.9. The Balaban J connectivity index is 1.17. The lowest BCUT2D eigenvalue weighted by Crippen LogP contribution is -2.30. The van der Waals surface area contributed by atoms with Crippen LogP contribution >= 0.6 is 23.1 Å². The van der Waals surface area contributed by atoms with E-state index >= 15 is 0 Å². The van der Waals surface area contributed by atoms with Crippen molar-refractivity contribution in [1.29, 1.82) is 0 Å². The van der Waals surface area contributed by atoms with Crippen LogP contribution in [0.15, 0.2) is 138 Å². The molecule has 8 nitrogen and oxygen atoms in total. The van der Waals surface area contributed by atoms with Crippen molar-refractivity contribution in [3.63, 3.8) is 0 Å². The van der Waals surface area contributed by atoms with Crippen LogP contribution in [0.4, 0.5) is 10.8 Å². The van der Waals surface area contributed by atoms with Crippen LogP contribution in [0.1, 0.15) is 29.3 Å². The van der Waals surface area contributed by atoms with E-state index < -0.39 is 17.1 Å². The number of nitrogens with zero attached hydrogens (tertiary/aromatic N) is 1. The Kier molecular flexibility index (Phi) is 11.0. The van der Waals surface area contributed by atoms with Gasteiger partial charge in [-0.25, -0.2) is 4.98 Å². The molecule has 50 heavy (non-hydrogen) atoms. The van der Waals surface area contributed by atoms with Gasteiger partial charge in [-0.3, -0.25) is 14.4 Å². The fraction of sp³-hybridized carbons (Fsp3) is 0.100. The highest BCUT2D eigenvalue weighted by Gasteiger charge is 2.21. The van der Waals surface area contributed by atoms with E-state index in [9.17, 15) is 14.4 Å². The normalized spacial score (nSPS) is 11.8. The van der Waals surface area contributed by atoms with E-state index in [1.54, 1.807) is 43.5 Å². The van der Waals surface area contributed by atoms with E-state index in [4.69, 9.17) is 4.74 Å². The zero-order valence-electron chi connectivity index (χ0n) is 27.4. The molecule has 3 amide bonds. The van der Waals surface area contributed by atoms with Gasteiger partial charge in [0.15, 0.2) is 5.13 Å². The summed E-state index contributed by atoms with van der Waals surface area (Å²) in [5.74, 6) is -0.321. The molecule has 6 rings (SSSR count). The van der Waals surface area contributed by atoms with Crippen LogP contribution in [0, 0.1) is 0 Å². The molecule has 3 N–H and O–H groups in total. The number of thioether (sulfide) groups is 1. The standard InChI is InChI=1S/C40H34N4O4S2/c1-3-35(39(47)44-40-43-33-22-21-31(48-2)25-36(33)50-40)49-32-16-10-15-30(24-32)41-38(46)34(42-37(45)29-13-8-5-9-14-29)23-26-17-19-28(20-18-26)27-11-6-4-7-12-27/h4-25,35H,3H2,1-2H3,(H,41,46)(H,42,45)(H,43,44,47)/b34-23+. The van der Waals surface area contributed by atoms with E-state index in [-0.39, 0.29) is 11.6 Å². The highest BCUT2D eigenvalue weighted by Crippen LogP contribution is 2.32. The summed E-state index contributed by atoms with van der Waals surface area (Å²) >= 11 is 2.79. The van der Waals surface area contributed by atoms with Crippen molar-refractivity contribution in [1.82, 2.24) is 10.3 Å². The van der Waals surface area contributed by atoms with Gasteiger partial charge in [-0.2, -0.15) is 0 Å². The van der Waals surface area contributed by atoms with Crippen LogP contribution in [0.25, 0.3) is 27.4 Å². The Labute approximate surface area is 298 Å². The number of aromatic nitrogens is 1. The van der Waals surface area contributed by atoms with Crippen molar-refractivity contribution in [2.75, 3.05) is 17.7 Å². The van der Waals surface area contributed by atoms with E-state index in [0.717, 1.165) is 37.6 Å². The molecule has 0 spiro atoms. The lowest BCUT2D eigenvalue weighted by Gasteiger charge is -2.15. The number of amides is 3. The summed E-state index contributed by atoms with van der Waals surface area (Å²) in [5.41, 5.74) is 4.69. The Morgan fingerprint density at radius 2 is 1.54 bits per heavy atom. The molecule has 0 saturated carbocycles. The van der Waals surface area contributed by atoms with E-state index in [1.165, 1.54) is 23.1 Å². The average molecular weight is 699 g/mol. The number of fused-ring (bicyclic) bond motifs is 1. The molecule has 0 aliphatic carbocycles. The van der Waals surface area contributed by atoms with Crippen molar-refractivity contribution in [2.45, 2.75) is 23.5 Å². The van der Waals surface area contributed by atoms with Crippen molar-refractivity contribution in [3.05, 3.63) is 144 Å². The molecule has 1 aromatic heterocycles. The first-order valence-corrected chi connectivity index (χ1v) is 17.6. The van der Waals surface area contributed by atoms with Crippen molar-refractivity contribution in [2.24, 2.45) is 0 Å². The molecule has 5 aromatic carbocycles. The summed E-state index contributed by atoms with van der Waals surface area (Å²) in [6.07, 6.45) is 2.23. The third kappa shape index (κ3) is 8.65. The van der Waals surface area contributed by atoms with Gasteiger partial charge in [0.05, 0.1) is 22.6 Å². The van der Waals surface area contributed by atoms with E-state index in [0.29, 0.717) is 22.8 Å². The maximum Gasteiger partial charge on any atom is 0.272 e. The topological polar surface area (TPSA) is 109 Å². The molecule has 0 saturated heterocycles. The van der Waals surface area contributed by atoms with Crippen LogP contribution in [0.5, 0.6) is 5.75 Å². The van der Waals surface area contributed by atoms with Crippen molar-refractivity contribution >= 4 is 67.9 Å². The third-order valence-corrected chi connectivity index (χ3v) is 10.0. The zero-order valence-corrected chi connectivity index (χ0v) is 29.0. The number of anilines is 2. The van der Waals surface area contributed by atoms with E-state index in [2.05, 4.69) is 20.9 Å². The Morgan fingerprint density at radius 1 is 0.820 bits per heavy atom. The number of thiazole rings is 1. The minimum Gasteiger partial charge on any atom is -0.497 e. The second kappa shape index (κ2) is 16.1. The summed E-state index contributed by atoms with van der Waals surface area (Å²) in [4.78, 5) is 45.5. The highest BCUT2D eigenvalue weighted by atomic mass is 32.2. The lowest BCUT2D eigenvalue weighted by atomic mass is 10.0. The molecule has 10 heteroatoms. The lowest BCUT2D eigenvalue weighted by molar-refractivity contribution is -0.116. The second-order valence-electron chi connectivity index (χ2n) is 11.2. The van der Waals surface area contributed by atoms with Gasteiger partial charge in [-0.05, 0) is 77.7 Å². The van der Waals surface area contributed by atoms with Gasteiger partial charge in [-0.15, -0.1) is 11.8 Å². The first-order chi connectivity index (χ1) is 24.4. The van der Waals surface area contributed by atoms with Gasteiger partial charge >= 0.3 is 0 Å². The molecule has 1 atom stereocenters. The average Bonchev–Trinajstić information content (AvgIpc) is 3.56. The van der Waals surface area contributed by atoms with Crippen molar-refractivity contribution < 1.29 is 19.1 Å². The first-order valence-electron chi connectivity index (χ1n) is 16.0. The number of methoxy groups -OCH3 is 1. The number of hydrogen-bond donors (Lipinski definition) is 3. The molecule has 1 unspecified atom stereocenters. The number of ether oxygens (including phenoxy) is 1. The van der Waals surface area contributed by atoms with Gasteiger partial charge in [0.2, 0.25) is 5.91 Å². The number of carbonyl (C=O) groups is 3. The summed E-state index contributed by atoms with van der Waals surface area (Å²) in [7, 11) is 1.61. The van der Waals surface area contributed by atoms with E-state index in [1.807, 2.05) is 104 Å². The monoisotopic (exact) mass is 698 g/mol. The van der Waals surface area contributed by atoms with Crippen LogP contribution < -0.4 is 20.7 Å². The summed E-state index contributed by atoms with van der Waals surface area (Å²) in [5, 5.41) is 8.80. The van der Waals surface area contributed by atoms with Gasteiger partial charge in [0.25, 0.3) is 11.8 Å². The third-order valence-electron chi connectivity index (χ3n) is 7.72. The van der Waals surface area contributed by atoms with Crippen molar-refractivity contribution in [3.8, 4) is 16.9 Å². The predicted molar refractivity (Wildman–Crippen MR) is 204 cm³/mol. The largest absolute Gasteiger partial charge is 0.497 e. The molecule has 6 aromatic rings. The Hall–Kier alpha value is -5.71. The van der Waals surface area contributed by atoms with Gasteiger partial charge < -0.3 is 20.7 Å². The predicted octanol–water partition coefficient (Wildman–Crippen LogP) is 8.89. The maximum absolute atomic E-state index is 13.7. The maximum atomic E-state index is 13.7. The highest BCUT2D eigenvalue weighted by molar-refractivity contribution is 8.00. The molecular formula is C40H34N4O4S2. The van der Waals surface area contributed by atoms with Crippen LogP contribution in [-0.4, -0.2) is 35.1 Å². The molecule has 250 valence electrons. The number of benzene rings is 5. The quantitative estimate of drug-likeness (QED) is 0.0870. The second-order valence-corrected chi connectivity index (χ2v) is 13.5. The first kappa shape index (κ1) is 34.2. The minimum absolute atomic E-state index is 0.0867. The number of nitrogens with one attached hydrogen (secondary N) is 3. The van der Waals surface area contributed by atoms with Crippen LogP contribution in [0.3, 0.4) is 0 Å². The summed E-state index contributed by atoms with van der Waals surface area (Å²) in [6, 6.07) is 39.4. The number of hydrogen-bond acceptors (Lipinski definition) is 7. The molecule has 0 bridgehead atoms. The fourth-order valence-electron chi connectivity index (χ4n) is 5.11. The molecule has 1 heterocycles. The number of carbonyl (C=O) groups excluding carboxylic acids is 3. The molecule has 0 aliphatic heterocycles. The molecule has 0 radical (unpaired) electrons. The minimum atomic E-state index is -0.485. The van der Waals surface area contributed by atoms with Gasteiger partial charge in [0, 0.05) is 16.1 Å². The van der Waals surface area contributed by atoms with Crippen LogP contribution in [0.2, 0.25) is 0 Å².